The highest BCUT2D eigenvalue weighted by molar-refractivity contribution is 8.01. The number of hydrogen-bond donors (Lipinski definition) is 0. The van der Waals surface area contributed by atoms with E-state index in [0.29, 0.717) is 0 Å². The summed E-state index contributed by atoms with van der Waals surface area (Å²) in [6, 6.07) is 0. The number of hydrogen-bond acceptors (Lipinski definition) is 1. The molecule has 2 bridgehead atoms. The quantitative estimate of drug-likeness (QED) is 0.570. The van der Waals surface area contributed by atoms with Gasteiger partial charge in [0.1, 0.15) is 0 Å². The van der Waals surface area contributed by atoms with E-state index < -0.39 is 22.3 Å². The third-order valence-electron chi connectivity index (χ3n) is 3.93. The fourth-order valence-electron chi connectivity index (χ4n) is 3.35. The first-order chi connectivity index (χ1) is 6.43. The Morgan fingerprint density at radius 2 is 1.64 bits per heavy atom. The van der Waals surface area contributed by atoms with E-state index in [9.17, 15) is 17.6 Å². The second-order valence-electron chi connectivity index (χ2n) is 4.58. The molecule has 0 aromatic heterocycles. The molecule has 0 amide bonds. The Balaban J connectivity index is 2.00. The van der Waals surface area contributed by atoms with Crippen LogP contribution < -0.4 is 0 Å². The van der Waals surface area contributed by atoms with Gasteiger partial charge in [0.15, 0.2) is 0 Å². The van der Waals surface area contributed by atoms with Crippen molar-refractivity contribution in [1.29, 1.82) is 0 Å². The van der Waals surface area contributed by atoms with Crippen molar-refractivity contribution in [3.05, 3.63) is 0 Å². The van der Waals surface area contributed by atoms with Crippen LogP contribution in [0.15, 0.2) is 0 Å². The summed E-state index contributed by atoms with van der Waals surface area (Å²) < 4.78 is 52.8. The minimum atomic E-state index is -3.83. The van der Waals surface area contributed by atoms with E-state index >= 15 is 0 Å². The normalized spacial score (nSPS) is 52.3. The van der Waals surface area contributed by atoms with Gasteiger partial charge in [0.2, 0.25) is 0 Å². The molecule has 0 aromatic rings. The molecule has 1 saturated heterocycles. The Morgan fingerprint density at radius 3 is 2.29 bits per heavy atom. The van der Waals surface area contributed by atoms with Gasteiger partial charge in [-0.05, 0) is 31.1 Å². The molecular weight excluding hydrogens is 216 g/mol. The van der Waals surface area contributed by atoms with Crippen molar-refractivity contribution in [2.24, 2.45) is 17.8 Å². The zero-order chi connectivity index (χ0) is 10.1. The lowest BCUT2D eigenvalue weighted by Crippen LogP contribution is -2.41. The maximum absolute atomic E-state index is 13.4. The highest BCUT2D eigenvalue weighted by Crippen LogP contribution is 2.69. The Bertz CT molecular complexity index is 278. The zero-order valence-corrected chi connectivity index (χ0v) is 8.17. The van der Waals surface area contributed by atoms with Crippen molar-refractivity contribution < 1.29 is 17.6 Å². The summed E-state index contributed by atoms with van der Waals surface area (Å²) >= 11 is 0.225. The largest absolute Gasteiger partial charge is 0.356 e. The molecule has 0 nitrogen and oxygen atoms in total. The molecule has 2 saturated carbocycles. The number of alkyl halides is 4. The summed E-state index contributed by atoms with van der Waals surface area (Å²) in [5.74, 6) is -4.86. The molecule has 1 aliphatic heterocycles. The molecule has 2 aliphatic carbocycles. The third-order valence-corrected chi connectivity index (χ3v) is 5.45. The first-order valence-corrected chi connectivity index (χ1v) is 5.75. The van der Waals surface area contributed by atoms with E-state index in [2.05, 4.69) is 0 Å². The first kappa shape index (κ1) is 9.31. The van der Waals surface area contributed by atoms with Gasteiger partial charge in [-0.15, -0.1) is 0 Å². The Morgan fingerprint density at radius 1 is 1.00 bits per heavy atom. The van der Waals surface area contributed by atoms with Crippen molar-refractivity contribution in [1.82, 2.24) is 0 Å². The average Bonchev–Trinajstić information content (AvgIpc) is 2.64. The smallest absolute Gasteiger partial charge is 0.198 e. The SMILES string of the molecule is FC1(F)S[C@@H]2[C@@H]3CC[C@H](C3)[C@H]2C1(F)F. The van der Waals surface area contributed by atoms with Crippen molar-refractivity contribution in [2.75, 3.05) is 0 Å². The lowest BCUT2D eigenvalue weighted by Gasteiger charge is -2.27. The topological polar surface area (TPSA) is 0 Å². The summed E-state index contributed by atoms with van der Waals surface area (Å²) in [5.41, 5.74) is 0. The summed E-state index contributed by atoms with van der Waals surface area (Å²) in [7, 11) is 0. The molecular formula is C9H10F4S. The van der Waals surface area contributed by atoms with Crippen LogP contribution in [0.2, 0.25) is 0 Å². The van der Waals surface area contributed by atoms with Gasteiger partial charge in [0, 0.05) is 11.2 Å². The highest BCUT2D eigenvalue weighted by Gasteiger charge is 2.75. The molecule has 3 aliphatic rings. The molecule has 14 heavy (non-hydrogen) atoms. The monoisotopic (exact) mass is 226 g/mol. The van der Waals surface area contributed by atoms with Crippen LogP contribution in [0.3, 0.4) is 0 Å². The third kappa shape index (κ3) is 0.877. The second kappa shape index (κ2) is 2.42. The van der Waals surface area contributed by atoms with E-state index in [1.54, 1.807) is 0 Å². The van der Waals surface area contributed by atoms with Crippen LogP contribution in [0, 0.1) is 17.8 Å². The maximum atomic E-state index is 13.4. The van der Waals surface area contributed by atoms with Crippen molar-refractivity contribution in [3.63, 3.8) is 0 Å². The van der Waals surface area contributed by atoms with E-state index in [0.717, 1.165) is 19.3 Å². The second-order valence-corrected chi connectivity index (χ2v) is 5.87. The molecule has 0 radical (unpaired) electrons. The van der Waals surface area contributed by atoms with Crippen LogP contribution in [0.4, 0.5) is 17.6 Å². The van der Waals surface area contributed by atoms with E-state index in [1.807, 2.05) is 0 Å². The lowest BCUT2D eigenvalue weighted by atomic mass is 9.84. The zero-order valence-electron chi connectivity index (χ0n) is 7.35. The summed E-state index contributed by atoms with van der Waals surface area (Å²) in [6.07, 6.45) is 2.33. The fraction of sp³-hybridized carbons (Fsp3) is 1.00. The first-order valence-electron chi connectivity index (χ1n) is 4.87. The van der Waals surface area contributed by atoms with Gasteiger partial charge in [-0.1, -0.05) is 11.8 Å². The number of fused-ring (bicyclic) bond motifs is 5. The molecule has 4 atom stereocenters. The van der Waals surface area contributed by atoms with Crippen LogP contribution in [0.5, 0.6) is 0 Å². The number of rotatable bonds is 0. The van der Waals surface area contributed by atoms with Gasteiger partial charge < -0.3 is 0 Å². The Kier molecular flexibility index (Phi) is 1.61. The summed E-state index contributed by atoms with van der Waals surface area (Å²) in [4.78, 5) is 0. The standard InChI is InChI=1S/C9H10F4S/c10-8(11)6-4-1-2-5(3-4)7(6)14-9(8,12)13/h4-7H,1-3H2/t4-,5-,6-,7-/m1/s1. The van der Waals surface area contributed by atoms with Crippen LogP contribution in [0.25, 0.3) is 0 Å². The average molecular weight is 226 g/mol. The van der Waals surface area contributed by atoms with Crippen LogP contribution in [-0.4, -0.2) is 16.4 Å². The molecule has 3 fully saturated rings. The fourth-order valence-corrected chi connectivity index (χ4v) is 4.97. The van der Waals surface area contributed by atoms with Crippen molar-refractivity contribution >= 4 is 11.8 Å². The highest BCUT2D eigenvalue weighted by atomic mass is 32.2. The Labute approximate surface area is 83.4 Å². The number of halogens is 4. The van der Waals surface area contributed by atoms with Gasteiger partial charge >= 0.3 is 11.2 Å². The summed E-state index contributed by atoms with van der Waals surface area (Å²) in [6.45, 7) is 0. The van der Waals surface area contributed by atoms with Crippen molar-refractivity contribution in [2.45, 2.75) is 35.7 Å². The van der Waals surface area contributed by atoms with Gasteiger partial charge in [-0.25, -0.2) is 0 Å². The van der Waals surface area contributed by atoms with Crippen LogP contribution in [-0.2, 0) is 0 Å². The lowest BCUT2D eigenvalue weighted by molar-refractivity contribution is -0.182. The molecule has 5 heteroatoms. The van der Waals surface area contributed by atoms with E-state index in [1.165, 1.54) is 0 Å². The number of thioether (sulfide) groups is 1. The van der Waals surface area contributed by atoms with Gasteiger partial charge in [0.25, 0.3) is 0 Å². The molecule has 0 aromatic carbocycles. The van der Waals surface area contributed by atoms with Gasteiger partial charge in [-0.2, -0.15) is 17.6 Å². The van der Waals surface area contributed by atoms with E-state index in [-0.39, 0.29) is 23.6 Å². The molecule has 0 unspecified atom stereocenters. The molecule has 3 rings (SSSR count). The molecule has 1 heterocycles. The molecule has 0 N–H and O–H groups in total. The molecule has 80 valence electrons. The predicted molar refractivity (Wildman–Crippen MR) is 45.6 cm³/mol. The van der Waals surface area contributed by atoms with E-state index in [4.69, 9.17) is 0 Å². The minimum Gasteiger partial charge on any atom is -0.198 e. The maximum Gasteiger partial charge on any atom is 0.356 e. The minimum absolute atomic E-state index is 0.120. The van der Waals surface area contributed by atoms with Gasteiger partial charge in [-0.3, -0.25) is 0 Å². The van der Waals surface area contributed by atoms with Crippen LogP contribution >= 0.6 is 11.8 Å². The van der Waals surface area contributed by atoms with Crippen molar-refractivity contribution in [3.8, 4) is 0 Å². The Hall–Kier alpha value is 0.0700. The predicted octanol–water partition coefficient (Wildman–Crippen LogP) is 3.38. The molecule has 0 spiro atoms. The van der Waals surface area contributed by atoms with Gasteiger partial charge in [0.05, 0.1) is 0 Å². The summed E-state index contributed by atoms with van der Waals surface area (Å²) in [5, 5.41) is -4.32. The van der Waals surface area contributed by atoms with Crippen LogP contribution in [0.1, 0.15) is 19.3 Å².